The largest absolute Gasteiger partial charge is 0.479 e. The van der Waals surface area contributed by atoms with Crippen molar-refractivity contribution in [2.24, 2.45) is 0 Å². The van der Waals surface area contributed by atoms with Gasteiger partial charge in [-0.3, -0.25) is 4.79 Å². The van der Waals surface area contributed by atoms with E-state index in [9.17, 15) is 4.79 Å². The summed E-state index contributed by atoms with van der Waals surface area (Å²) in [4.78, 5) is 14.4. The maximum absolute atomic E-state index is 12.2. The van der Waals surface area contributed by atoms with E-state index in [1.165, 1.54) is 0 Å². The van der Waals surface area contributed by atoms with Gasteiger partial charge in [-0.05, 0) is 58.1 Å². The van der Waals surface area contributed by atoms with Gasteiger partial charge in [-0.25, -0.2) is 0 Å². The Balaban J connectivity index is 1.87. The molecule has 4 nitrogen and oxygen atoms in total. The fourth-order valence-corrected chi connectivity index (χ4v) is 3.00. The number of hydrogen-bond donors (Lipinski definition) is 1. The Labute approximate surface area is 138 Å². The lowest BCUT2D eigenvalue weighted by Crippen LogP contribution is -2.47. The number of halogens is 2. The zero-order valence-electron chi connectivity index (χ0n) is 12.2. The number of piperidine rings is 1. The van der Waals surface area contributed by atoms with Gasteiger partial charge in [0.15, 0.2) is 6.10 Å². The van der Waals surface area contributed by atoms with Crippen LogP contribution in [0.2, 0.25) is 5.02 Å². The molecule has 1 fully saturated rings. The first-order chi connectivity index (χ1) is 9.95. The maximum Gasteiger partial charge on any atom is 0.260 e. The number of benzene rings is 1. The van der Waals surface area contributed by atoms with Gasteiger partial charge in [0.05, 0.1) is 5.02 Å². The Morgan fingerprint density at radius 3 is 2.76 bits per heavy atom. The molecule has 1 N–H and O–H groups in total. The maximum atomic E-state index is 12.2. The molecule has 6 heteroatoms. The Bertz CT molecular complexity index is 504. The second-order valence-electron chi connectivity index (χ2n) is 5.42. The van der Waals surface area contributed by atoms with Gasteiger partial charge in [0.1, 0.15) is 5.75 Å². The minimum atomic E-state index is -0.566. The second-order valence-corrected chi connectivity index (χ2v) is 6.74. The molecule has 1 atom stereocenters. The van der Waals surface area contributed by atoms with E-state index >= 15 is 0 Å². The molecule has 1 unspecified atom stereocenters. The molecule has 0 saturated carbocycles. The lowest BCUT2D eigenvalue weighted by atomic mass is 10.1. The number of ether oxygens (including phenoxy) is 1. The lowest BCUT2D eigenvalue weighted by molar-refractivity contribution is -0.128. The highest BCUT2D eigenvalue weighted by molar-refractivity contribution is 9.10. The molecule has 116 valence electrons. The van der Waals surface area contributed by atoms with Crippen LogP contribution >= 0.6 is 27.5 Å². The predicted molar refractivity (Wildman–Crippen MR) is 87.9 cm³/mol. The molecule has 0 radical (unpaired) electrons. The van der Waals surface area contributed by atoms with E-state index < -0.39 is 6.10 Å². The molecule has 1 aliphatic rings. The van der Waals surface area contributed by atoms with Gasteiger partial charge < -0.3 is 15.0 Å². The van der Waals surface area contributed by atoms with Crippen LogP contribution in [0.25, 0.3) is 0 Å². The van der Waals surface area contributed by atoms with Gasteiger partial charge in [0.25, 0.3) is 5.91 Å². The van der Waals surface area contributed by atoms with Crippen molar-refractivity contribution in [3.63, 3.8) is 0 Å². The standard InChI is InChI=1S/C15H20BrClN2O2/c1-10(21-14-4-3-11(16)9-13(14)17)15(20)18-12-5-7-19(2)8-6-12/h3-4,9-10,12H,5-8H2,1-2H3,(H,18,20). The highest BCUT2D eigenvalue weighted by Gasteiger charge is 2.22. The van der Waals surface area contributed by atoms with E-state index in [1.807, 2.05) is 6.07 Å². The second kappa shape index (κ2) is 7.47. The van der Waals surface area contributed by atoms with Crippen LogP contribution in [0.3, 0.4) is 0 Å². The molecule has 1 aliphatic heterocycles. The van der Waals surface area contributed by atoms with Crippen molar-refractivity contribution in [2.75, 3.05) is 20.1 Å². The van der Waals surface area contributed by atoms with E-state index in [4.69, 9.17) is 16.3 Å². The van der Waals surface area contributed by atoms with Crippen molar-refractivity contribution < 1.29 is 9.53 Å². The van der Waals surface area contributed by atoms with Gasteiger partial charge in [0, 0.05) is 10.5 Å². The summed E-state index contributed by atoms with van der Waals surface area (Å²) in [5, 5.41) is 3.54. The summed E-state index contributed by atoms with van der Waals surface area (Å²) in [7, 11) is 2.10. The average molecular weight is 376 g/mol. The first kappa shape index (κ1) is 16.6. The topological polar surface area (TPSA) is 41.6 Å². The Hall–Kier alpha value is -0.780. The SMILES string of the molecule is CC(Oc1ccc(Br)cc1Cl)C(=O)NC1CCN(C)CC1. The normalized spacial score (nSPS) is 18.3. The van der Waals surface area contributed by atoms with Crippen LogP contribution < -0.4 is 10.1 Å². The summed E-state index contributed by atoms with van der Waals surface area (Å²) in [6, 6.07) is 5.58. The minimum absolute atomic E-state index is 0.0939. The summed E-state index contributed by atoms with van der Waals surface area (Å²) in [5.41, 5.74) is 0. The highest BCUT2D eigenvalue weighted by atomic mass is 79.9. The van der Waals surface area contributed by atoms with Gasteiger partial charge in [-0.15, -0.1) is 0 Å². The monoisotopic (exact) mass is 374 g/mol. The number of carbonyl (C=O) groups excluding carboxylic acids is 1. The van der Waals surface area contributed by atoms with Gasteiger partial charge in [-0.2, -0.15) is 0 Å². The summed E-state index contributed by atoms with van der Waals surface area (Å²) < 4.78 is 6.53. The van der Waals surface area contributed by atoms with Crippen LogP contribution in [0.4, 0.5) is 0 Å². The van der Waals surface area contributed by atoms with Gasteiger partial charge in [0.2, 0.25) is 0 Å². The molecular weight excluding hydrogens is 356 g/mol. The summed E-state index contributed by atoms with van der Waals surface area (Å²) in [6.07, 6.45) is 1.39. The number of carbonyl (C=O) groups is 1. The van der Waals surface area contributed by atoms with Gasteiger partial charge >= 0.3 is 0 Å². The van der Waals surface area contributed by atoms with Crippen molar-refractivity contribution in [3.05, 3.63) is 27.7 Å². The highest BCUT2D eigenvalue weighted by Crippen LogP contribution is 2.28. The van der Waals surface area contributed by atoms with E-state index in [0.29, 0.717) is 10.8 Å². The number of rotatable bonds is 4. The summed E-state index contributed by atoms with van der Waals surface area (Å²) in [6.45, 7) is 3.76. The molecule has 1 heterocycles. The van der Waals surface area contributed by atoms with E-state index in [-0.39, 0.29) is 11.9 Å². The molecular formula is C15H20BrClN2O2. The molecule has 1 amide bonds. The van der Waals surface area contributed by atoms with Crippen LogP contribution in [0.5, 0.6) is 5.75 Å². The van der Waals surface area contributed by atoms with Crippen LogP contribution in [0, 0.1) is 0 Å². The Morgan fingerprint density at radius 1 is 1.48 bits per heavy atom. The molecule has 0 aromatic heterocycles. The smallest absolute Gasteiger partial charge is 0.260 e. The zero-order valence-corrected chi connectivity index (χ0v) is 14.6. The molecule has 1 saturated heterocycles. The molecule has 1 aromatic carbocycles. The Morgan fingerprint density at radius 2 is 2.14 bits per heavy atom. The van der Waals surface area contributed by atoms with E-state index in [2.05, 4.69) is 33.2 Å². The van der Waals surface area contributed by atoms with E-state index in [1.54, 1.807) is 19.1 Å². The van der Waals surface area contributed by atoms with Crippen molar-refractivity contribution in [1.29, 1.82) is 0 Å². The number of hydrogen-bond acceptors (Lipinski definition) is 3. The van der Waals surface area contributed by atoms with Crippen molar-refractivity contribution in [2.45, 2.75) is 31.9 Å². The third-order valence-corrected chi connectivity index (χ3v) is 4.42. The van der Waals surface area contributed by atoms with Crippen molar-refractivity contribution in [3.8, 4) is 5.75 Å². The van der Waals surface area contributed by atoms with Crippen LogP contribution in [0.15, 0.2) is 22.7 Å². The third kappa shape index (κ3) is 4.87. The van der Waals surface area contributed by atoms with Crippen LogP contribution in [-0.4, -0.2) is 43.1 Å². The van der Waals surface area contributed by atoms with Crippen molar-refractivity contribution in [1.82, 2.24) is 10.2 Å². The third-order valence-electron chi connectivity index (χ3n) is 3.63. The molecule has 0 bridgehead atoms. The molecule has 1 aromatic rings. The molecule has 2 rings (SSSR count). The summed E-state index contributed by atoms with van der Waals surface area (Å²) >= 11 is 9.43. The minimum Gasteiger partial charge on any atom is -0.479 e. The number of nitrogens with one attached hydrogen (secondary N) is 1. The molecule has 0 aliphatic carbocycles. The first-order valence-electron chi connectivity index (χ1n) is 7.06. The fourth-order valence-electron chi connectivity index (χ4n) is 2.29. The quantitative estimate of drug-likeness (QED) is 0.879. The first-order valence-corrected chi connectivity index (χ1v) is 8.23. The fraction of sp³-hybridized carbons (Fsp3) is 0.533. The Kier molecular flexibility index (Phi) is 5.90. The number of nitrogens with zero attached hydrogens (tertiary/aromatic N) is 1. The van der Waals surface area contributed by atoms with Gasteiger partial charge in [-0.1, -0.05) is 27.5 Å². The molecule has 0 spiro atoms. The lowest BCUT2D eigenvalue weighted by Gasteiger charge is -2.30. The van der Waals surface area contributed by atoms with E-state index in [0.717, 1.165) is 30.4 Å². The average Bonchev–Trinajstić information content (AvgIpc) is 2.44. The number of amides is 1. The number of likely N-dealkylation sites (tertiary alicyclic amines) is 1. The van der Waals surface area contributed by atoms with Crippen LogP contribution in [0.1, 0.15) is 19.8 Å². The van der Waals surface area contributed by atoms with Crippen molar-refractivity contribution >= 4 is 33.4 Å². The van der Waals surface area contributed by atoms with Crippen LogP contribution in [-0.2, 0) is 4.79 Å². The molecule has 21 heavy (non-hydrogen) atoms. The predicted octanol–water partition coefficient (Wildman–Crippen LogP) is 3.08. The summed E-state index contributed by atoms with van der Waals surface area (Å²) in [5.74, 6) is 0.425. The zero-order chi connectivity index (χ0) is 15.4.